The van der Waals surface area contributed by atoms with Gasteiger partial charge in [-0.2, -0.15) is 0 Å². The number of ketones is 1. The number of amides is 1. The predicted molar refractivity (Wildman–Crippen MR) is 105 cm³/mol. The van der Waals surface area contributed by atoms with E-state index in [4.69, 9.17) is 0 Å². The van der Waals surface area contributed by atoms with E-state index in [0.717, 1.165) is 29.7 Å². The Labute approximate surface area is 157 Å². The number of benzene rings is 1. The summed E-state index contributed by atoms with van der Waals surface area (Å²) in [5, 5.41) is 11.1. The maximum absolute atomic E-state index is 13.1. The van der Waals surface area contributed by atoms with Crippen LogP contribution in [0.25, 0.3) is 0 Å². The second-order valence-electron chi connectivity index (χ2n) is 7.74. The monoisotopic (exact) mass is 359 g/mol. The molecule has 0 radical (unpaired) electrons. The zero-order valence-electron chi connectivity index (χ0n) is 16.7. The van der Waals surface area contributed by atoms with Gasteiger partial charge in [0.25, 0.3) is 5.91 Å². The van der Waals surface area contributed by atoms with Crippen molar-refractivity contribution in [1.29, 1.82) is 0 Å². The van der Waals surface area contributed by atoms with Crippen LogP contribution in [-0.2, 0) is 15.2 Å². The molecule has 0 aliphatic carbocycles. The Bertz CT molecular complexity index is 668. The Balaban J connectivity index is 2.15. The molecule has 1 heterocycles. The first kappa shape index (κ1) is 20.6. The van der Waals surface area contributed by atoms with Crippen molar-refractivity contribution >= 4 is 17.4 Å². The molecule has 0 aromatic heterocycles. The second kappa shape index (κ2) is 8.81. The highest BCUT2D eigenvalue weighted by Crippen LogP contribution is 2.46. The van der Waals surface area contributed by atoms with Crippen LogP contribution in [0.5, 0.6) is 0 Å². The predicted octanol–water partition coefficient (Wildman–Crippen LogP) is 4.57. The first-order valence-corrected chi connectivity index (χ1v) is 9.97. The van der Waals surface area contributed by atoms with Crippen LogP contribution >= 0.6 is 0 Å². The third-order valence-electron chi connectivity index (χ3n) is 5.36. The van der Waals surface area contributed by atoms with Gasteiger partial charge in [0.1, 0.15) is 5.78 Å². The van der Waals surface area contributed by atoms with E-state index in [1.165, 1.54) is 39.0 Å². The summed E-state index contributed by atoms with van der Waals surface area (Å²) in [7, 11) is 0. The van der Waals surface area contributed by atoms with E-state index in [2.05, 4.69) is 6.92 Å². The van der Waals surface area contributed by atoms with Gasteiger partial charge in [0.05, 0.1) is 5.69 Å². The molecular formula is C22H33NO3. The van der Waals surface area contributed by atoms with Gasteiger partial charge in [-0.15, -0.1) is 0 Å². The summed E-state index contributed by atoms with van der Waals surface area (Å²) < 4.78 is 0. The third kappa shape index (κ3) is 4.17. The molecule has 0 saturated heterocycles. The lowest BCUT2D eigenvalue weighted by Crippen LogP contribution is -2.42. The van der Waals surface area contributed by atoms with Crippen molar-refractivity contribution in [3.63, 3.8) is 0 Å². The van der Waals surface area contributed by atoms with Crippen LogP contribution in [0.2, 0.25) is 0 Å². The number of Topliss-reactive ketones (excluding diaryl/α,β-unsaturated/α-hetero) is 1. The van der Waals surface area contributed by atoms with Gasteiger partial charge in [-0.25, -0.2) is 0 Å². The highest BCUT2D eigenvalue weighted by Gasteiger charge is 2.51. The molecule has 1 atom stereocenters. The molecule has 0 saturated carbocycles. The molecule has 1 aliphatic rings. The van der Waals surface area contributed by atoms with Crippen LogP contribution in [0, 0.1) is 13.8 Å². The molecule has 1 amide bonds. The van der Waals surface area contributed by atoms with Crippen molar-refractivity contribution in [3.05, 3.63) is 28.8 Å². The van der Waals surface area contributed by atoms with Crippen LogP contribution in [-0.4, -0.2) is 23.3 Å². The largest absolute Gasteiger partial charge is 0.375 e. The van der Waals surface area contributed by atoms with E-state index >= 15 is 0 Å². The number of hydrogen-bond donors (Lipinski definition) is 1. The lowest BCUT2D eigenvalue weighted by molar-refractivity contribution is -0.141. The quantitative estimate of drug-likeness (QED) is 0.623. The summed E-state index contributed by atoms with van der Waals surface area (Å²) in [4.78, 5) is 26.5. The Hall–Kier alpha value is -1.68. The number of rotatable bonds is 10. The smallest absolute Gasteiger partial charge is 0.264 e. The molecule has 1 aromatic carbocycles. The van der Waals surface area contributed by atoms with Crippen LogP contribution in [0.1, 0.15) is 81.9 Å². The fourth-order valence-corrected chi connectivity index (χ4v) is 4.06. The van der Waals surface area contributed by atoms with Crippen molar-refractivity contribution in [2.75, 3.05) is 11.4 Å². The van der Waals surface area contributed by atoms with Crippen LogP contribution in [0.3, 0.4) is 0 Å². The molecule has 1 unspecified atom stereocenters. The van der Waals surface area contributed by atoms with E-state index in [1.54, 1.807) is 4.90 Å². The molecule has 1 aromatic rings. The number of fused-ring (bicyclic) bond motifs is 1. The minimum absolute atomic E-state index is 0.156. The van der Waals surface area contributed by atoms with Crippen molar-refractivity contribution in [2.45, 2.75) is 84.7 Å². The number of unbranched alkanes of at least 4 members (excludes halogenated alkanes) is 6. The minimum atomic E-state index is -1.71. The van der Waals surface area contributed by atoms with E-state index in [0.29, 0.717) is 12.1 Å². The van der Waals surface area contributed by atoms with Crippen molar-refractivity contribution < 1.29 is 14.7 Å². The van der Waals surface area contributed by atoms with Crippen LogP contribution < -0.4 is 4.90 Å². The third-order valence-corrected chi connectivity index (χ3v) is 5.36. The molecule has 4 heteroatoms. The molecule has 26 heavy (non-hydrogen) atoms. The zero-order valence-corrected chi connectivity index (χ0v) is 16.7. The average Bonchev–Trinajstić information content (AvgIpc) is 2.79. The van der Waals surface area contributed by atoms with E-state index in [9.17, 15) is 14.7 Å². The molecule has 144 valence electrons. The summed E-state index contributed by atoms with van der Waals surface area (Å²) in [6.45, 7) is 8.10. The van der Waals surface area contributed by atoms with Crippen molar-refractivity contribution in [2.24, 2.45) is 0 Å². The highest BCUT2D eigenvalue weighted by atomic mass is 16.3. The molecule has 4 nitrogen and oxygen atoms in total. The lowest BCUT2D eigenvalue weighted by Gasteiger charge is -2.22. The van der Waals surface area contributed by atoms with Gasteiger partial charge in [0.2, 0.25) is 0 Å². The van der Waals surface area contributed by atoms with Crippen LogP contribution in [0.15, 0.2) is 12.1 Å². The van der Waals surface area contributed by atoms with Gasteiger partial charge >= 0.3 is 0 Å². The van der Waals surface area contributed by atoms with Gasteiger partial charge < -0.3 is 10.0 Å². The topological polar surface area (TPSA) is 57.6 Å². The summed E-state index contributed by atoms with van der Waals surface area (Å²) in [6.07, 6.45) is 8.07. The number of carbonyl (C=O) groups is 2. The number of aryl methyl sites for hydroxylation is 2. The first-order valence-electron chi connectivity index (χ1n) is 9.97. The fraction of sp³-hybridized carbons (Fsp3) is 0.636. The fourth-order valence-electron chi connectivity index (χ4n) is 4.06. The Kier molecular flexibility index (Phi) is 6.99. The highest BCUT2D eigenvalue weighted by molar-refractivity contribution is 6.09. The summed E-state index contributed by atoms with van der Waals surface area (Å²) in [5.41, 5.74) is 1.56. The number of anilines is 1. The number of aliphatic hydroxyl groups is 1. The molecule has 0 bridgehead atoms. The summed E-state index contributed by atoms with van der Waals surface area (Å²) >= 11 is 0. The first-order chi connectivity index (χ1) is 12.3. The average molecular weight is 360 g/mol. The van der Waals surface area contributed by atoms with Crippen molar-refractivity contribution in [3.8, 4) is 0 Å². The van der Waals surface area contributed by atoms with E-state index < -0.39 is 5.60 Å². The number of hydrogen-bond acceptors (Lipinski definition) is 3. The molecule has 1 aliphatic heterocycles. The number of nitrogens with zero attached hydrogens (tertiary/aromatic N) is 1. The van der Waals surface area contributed by atoms with Crippen molar-refractivity contribution in [1.82, 2.24) is 0 Å². The van der Waals surface area contributed by atoms with Crippen LogP contribution in [0.4, 0.5) is 5.69 Å². The summed E-state index contributed by atoms with van der Waals surface area (Å²) in [5.74, 6) is -0.517. The van der Waals surface area contributed by atoms with Gasteiger partial charge in [-0.3, -0.25) is 9.59 Å². The molecule has 0 spiro atoms. The van der Waals surface area contributed by atoms with Gasteiger partial charge in [0.15, 0.2) is 5.60 Å². The van der Waals surface area contributed by atoms with Gasteiger partial charge in [0, 0.05) is 18.5 Å². The molecule has 1 N–H and O–H groups in total. The maximum Gasteiger partial charge on any atom is 0.264 e. The summed E-state index contributed by atoms with van der Waals surface area (Å²) in [6, 6.07) is 3.91. The molecular weight excluding hydrogens is 326 g/mol. The molecule has 2 rings (SSSR count). The van der Waals surface area contributed by atoms with Gasteiger partial charge in [-0.05, 0) is 38.3 Å². The maximum atomic E-state index is 13.1. The minimum Gasteiger partial charge on any atom is -0.375 e. The zero-order chi connectivity index (χ0) is 19.3. The Morgan fingerprint density at radius 2 is 1.62 bits per heavy atom. The number of carbonyl (C=O) groups excluding carboxylic acids is 2. The SMILES string of the molecule is CCCCCCCCCN1C(=O)C(O)(CC(C)=O)c2c(C)ccc(C)c21. The standard InChI is InChI=1S/C22H33NO3/c1-5-6-7-8-9-10-11-14-23-20-17(3)13-12-16(2)19(20)22(26,21(23)25)15-18(4)24/h12-13,26H,5-11,14-15H2,1-4H3. The Morgan fingerprint density at radius 3 is 2.23 bits per heavy atom. The van der Waals surface area contributed by atoms with Gasteiger partial charge in [-0.1, -0.05) is 57.6 Å². The lowest BCUT2D eigenvalue weighted by atomic mass is 9.86. The normalized spacial score (nSPS) is 19.1. The van der Waals surface area contributed by atoms with E-state index in [-0.39, 0.29) is 18.1 Å². The second-order valence-corrected chi connectivity index (χ2v) is 7.74. The Morgan fingerprint density at radius 1 is 1.04 bits per heavy atom. The van der Waals surface area contributed by atoms with E-state index in [1.807, 2.05) is 26.0 Å². The molecule has 0 fully saturated rings.